The Bertz CT molecular complexity index is 330. The first-order valence-corrected chi connectivity index (χ1v) is 5.25. The molecule has 0 spiro atoms. The van der Waals surface area contributed by atoms with Crippen molar-refractivity contribution in [2.24, 2.45) is 5.41 Å². The van der Waals surface area contributed by atoms with E-state index in [2.05, 4.69) is 0 Å². The number of rotatable bonds is 5. The van der Waals surface area contributed by atoms with Crippen LogP contribution < -0.4 is 0 Å². The molecule has 1 heterocycles. The van der Waals surface area contributed by atoms with E-state index in [9.17, 15) is 4.79 Å². The molecular weight excluding hydrogens is 206 g/mol. The molecule has 1 aromatic heterocycles. The van der Waals surface area contributed by atoms with E-state index in [1.807, 2.05) is 37.9 Å². The molecule has 0 aliphatic heterocycles. The summed E-state index contributed by atoms with van der Waals surface area (Å²) >= 11 is 0. The van der Waals surface area contributed by atoms with Crippen LogP contribution in [-0.2, 0) is 16.1 Å². The number of esters is 1. The maximum atomic E-state index is 11.5. The summed E-state index contributed by atoms with van der Waals surface area (Å²) in [6.07, 6.45) is 1.65. The highest BCUT2D eigenvalue weighted by Gasteiger charge is 2.30. The van der Waals surface area contributed by atoms with Crippen molar-refractivity contribution in [2.75, 3.05) is 20.7 Å². The Labute approximate surface area is 96.2 Å². The van der Waals surface area contributed by atoms with Crippen molar-refractivity contribution in [3.63, 3.8) is 0 Å². The molecule has 0 saturated carbocycles. The van der Waals surface area contributed by atoms with Gasteiger partial charge in [-0.15, -0.1) is 0 Å². The van der Waals surface area contributed by atoms with Gasteiger partial charge >= 0.3 is 5.97 Å². The van der Waals surface area contributed by atoms with E-state index in [0.717, 1.165) is 5.76 Å². The minimum atomic E-state index is -0.504. The predicted molar refractivity (Wildman–Crippen MR) is 60.8 cm³/mol. The van der Waals surface area contributed by atoms with Gasteiger partial charge in [0.2, 0.25) is 0 Å². The van der Waals surface area contributed by atoms with Gasteiger partial charge < -0.3 is 9.15 Å². The Kier molecular flexibility index (Phi) is 4.12. The number of carbonyl (C=O) groups is 1. The van der Waals surface area contributed by atoms with Crippen LogP contribution in [0.25, 0.3) is 0 Å². The summed E-state index contributed by atoms with van der Waals surface area (Å²) in [5, 5.41) is 0. The molecule has 0 amide bonds. The molecule has 0 N–H and O–H groups in total. The average Bonchev–Trinajstić information content (AvgIpc) is 2.67. The van der Waals surface area contributed by atoms with Crippen molar-refractivity contribution in [1.82, 2.24) is 4.90 Å². The van der Waals surface area contributed by atoms with E-state index < -0.39 is 5.41 Å². The molecule has 0 aliphatic rings. The summed E-state index contributed by atoms with van der Waals surface area (Å²) in [6, 6.07) is 3.77. The fraction of sp³-hybridized carbons (Fsp3) is 0.583. The van der Waals surface area contributed by atoms with Crippen LogP contribution in [0, 0.1) is 5.41 Å². The van der Waals surface area contributed by atoms with Crippen molar-refractivity contribution < 1.29 is 13.9 Å². The van der Waals surface area contributed by atoms with Gasteiger partial charge in [0, 0.05) is 6.54 Å². The smallest absolute Gasteiger partial charge is 0.312 e. The predicted octanol–water partition coefficient (Wildman–Crippen LogP) is 1.91. The first-order chi connectivity index (χ1) is 7.45. The number of hydrogen-bond acceptors (Lipinski definition) is 4. The molecule has 0 radical (unpaired) electrons. The number of nitrogens with zero attached hydrogens (tertiary/aromatic N) is 1. The fourth-order valence-corrected chi connectivity index (χ4v) is 1.74. The van der Waals surface area contributed by atoms with Gasteiger partial charge in [-0.05, 0) is 33.0 Å². The second-order valence-electron chi connectivity index (χ2n) is 4.63. The van der Waals surface area contributed by atoms with E-state index in [4.69, 9.17) is 9.15 Å². The number of furan rings is 1. The molecule has 4 nitrogen and oxygen atoms in total. The van der Waals surface area contributed by atoms with Crippen LogP contribution in [0.15, 0.2) is 22.8 Å². The molecule has 1 aromatic rings. The molecule has 1 rings (SSSR count). The Morgan fingerprint density at radius 3 is 2.75 bits per heavy atom. The Hall–Kier alpha value is -1.29. The highest BCUT2D eigenvalue weighted by molar-refractivity contribution is 5.76. The summed E-state index contributed by atoms with van der Waals surface area (Å²) in [5.41, 5.74) is -0.504. The summed E-state index contributed by atoms with van der Waals surface area (Å²) < 4.78 is 10.0. The van der Waals surface area contributed by atoms with Crippen molar-refractivity contribution >= 4 is 5.97 Å². The summed E-state index contributed by atoms with van der Waals surface area (Å²) in [6.45, 7) is 5.06. The lowest BCUT2D eigenvalue weighted by atomic mass is 9.93. The quantitative estimate of drug-likeness (QED) is 0.718. The zero-order valence-corrected chi connectivity index (χ0v) is 10.3. The first-order valence-electron chi connectivity index (χ1n) is 5.25. The van der Waals surface area contributed by atoms with Crippen molar-refractivity contribution in [3.05, 3.63) is 24.2 Å². The molecule has 0 aliphatic carbocycles. The van der Waals surface area contributed by atoms with E-state index >= 15 is 0 Å². The monoisotopic (exact) mass is 225 g/mol. The number of methoxy groups -OCH3 is 1. The topological polar surface area (TPSA) is 42.7 Å². The van der Waals surface area contributed by atoms with Crippen LogP contribution in [-0.4, -0.2) is 31.6 Å². The summed E-state index contributed by atoms with van der Waals surface area (Å²) in [5.74, 6) is 0.696. The van der Waals surface area contributed by atoms with Crippen LogP contribution >= 0.6 is 0 Å². The molecule has 16 heavy (non-hydrogen) atoms. The SMILES string of the molecule is COC(=O)C(C)(C)CN(C)Cc1ccco1. The largest absolute Gasteiger partial charge is 0.469 e. The molecule has 90 valence electrons. The van der Waals surface area contributed by atoms with Crippen molar-refractivity contribution in [3.8, 4) is 0 Å². The minimum absolute atomic E-state index is 0.196. The van der Waals surface area contributed by atoms with Crippen LogP contribution in [0.1, 0.15) is 19.6 Å². The van der Waals surface area contributed by atoms with Crippen molar-refractivity contribution in [1.29, 1.82) is 0 Å². The number of ether oxygens (including phenoxy) is 1. The van der Waals surface area contributed by atoms with E-state index in [1.54, 1.807) is 6.26 Å². The van der Waals surface area contributed by atoms with Gasteiger partial charge in [-0.3, -0.25) is 9.69 Å². The molecule has 0 unspecified atom stereocenters. The average molecular weight is 225 g/mol. The molecule has 0 aromatic carbocycles. The normalized spacial score (nSPS) is 11.8. The van der Waals surface area contributed by atoms with Crippen LogP contribution in [0.3, 0.4) is 0 Å². The lowest BCUT2D eigenvalue weighted by Gasteiger charge is -2.27. The maximum Gasteiger partial charge on any atom is 0.312 e. The third kappa shape index (κ3) is 3.38. The second kappa shape index (κ2) is 5.16. The van der Waals surface area contributed by atoms with Crippen molar-refractivity contribution in [2.45, 2.75) is 20.4 Å². The third-order valence-corrected chi connectivity index (χ3v) is 2.41. The Balaban J connectivity index is 2.50. The van der Waals surface area contributed by atoms with Gasteiger partial charge in [-0.1, -0.05) is 0 Å². The standard InChI is InChI=1S/C12H19NO3/c1-12(2,11(14)15-4)9-13(3)8-10-6-5-7-16-10/h5-7H,8-9H2,1-4H3. The van der Waals surface area contributed by atoms with Gasteiger partial charge in [0.05, 0.1) is 25.3 Å². The number of hydrogen-bond donors (Lipinski definition) is 0. The molecule has 0 fully saturated rings. The van der Waals surface area contributed by atoms with Crippen LogP contribution in [0.5, 0.6) is 0 Å². The van der Waals surface area contributed by atoms with Gasteiger partial charge in [0.1, 0.15) is 5.76 Å². The highest BCUT2D eigenvalue weighted by atomic mass is 16.5. The van der Waals surface area contributed by atoms with E-state index in [0.29, 0.717) is 13.1 Å². The zero-order valence-electron chi connectivity index (χ0n) is 10.3. The van der Waals surface area contributed by atoms with Gasteiger partial charge in [0.15, 0.2) is 0 Å². The Morgan fingerprint density at radius 2 is 2.25 bits per heavy atom. The molecular formula is C12H19NO3. The fourth-order valence-electron chi connectivity index (χ4n) is 1.74. The highest BCUT2D eigenvalue weighted by Crippen LogP contribution is 2.19. The zero-order chi connectivity index (χ0) is 12.2. The van der Waals surface area contributed by atoms with E-state index in [1.165, 1.54) is 7.11 Å². The maximum absolute atomic E-state index is 11.5. The lowest BCUT2D eigenvalue weighted by Crippen LogP contribution is -2.37. The molecule has 0 bridgehead atoms. The van der Waals surface area contributed by atoms with E-state index in [-0.39, 0.29) is 5.97 Å². The second-order valence-corrected chi connectivity index (χ2v) is 4.63. The number of carbonyl (C=O) groups excluding carboxylic acids is 1. The van der Waals surface area contributed by atoms with Crippen LogP contribution in [0.4, 0.5) is 0 Å². The third-order valence-electron chi connectivity index (χ3n) is 2.41. The minimum Gasteiger partial charge on any atom is -0.469 e. The summed E-state index contributed by atoms with van der Waals surface area (Å²) in [4.78, 5) is 13.5. The van der Waals surface area contributed by atoms with Gasteiger partial charge in [-0.25, -0.2) is 0 Å². The molecule has 4 heteroatoms. The summed E-state index contributed by atoms with van der Waals surface area (Å²) in [7, 11) is 3.36. The van der Waals surface area contributed by atoms with Gasteiger partial charge in [-0.2, -0.15) is 0 Å². The Morgan fingerprint density at radius 1 is 1.56 bits per heavy atom. The first kappa shape index (κ1) is 12.8. The molecule has 0 saturated heterocycles. The van der Waals surface area contributed by atoms with Crippen LogP contribution in [0.2, 0.25) is 0 Å². The lowest BCUT2D eigenvalue weighted by molar-refractivity contribution is -0.151. The molecule has 0 atom stereocenters. The van der Waals surface area contributed by atoms with Gasteiger partial charge in [0.25, 0.3) is 0 Å².